The SMILES string of the molecule is Cc1ccc(C)c(S(=O)(=O)N(CC(=O)NC2CC2)c2cccc(C(F)(F)F)c2)c1. The first kappa shape index (κ1) is 21.2. The van der Waals surface area contributed by atoms with E-state index in [-0.39, 0.29) is 16.6 Å². The van der Waals surface area contributed by atoms with Crippen molar-refractivity contribution in [1.82, 2.24) is 5.32 Å². The van der Waals surface area contributed by atoms with Crippen molar-refractivity contribution in [3.8, 4) is 0 Å². The molecule has 2 aromatic carbocycles. The van der Waals surface area contributed by atoms with E-state index in [1.165, 1.54) is 12.1 Å². The van der Waals surface area contributed by atoms with Crippen molar-refractivity contribution in [1.29, 1.82) is 0 Å². The molecule has 29 heavy (non-hydrogen) atoms. The third kappa shape index (κ3) is 4.90. The summed E-state index contributed by atoms with van der Waals surface area (Å²) in [5, 5.41) is 2.68. The van der Waals surface area contributed by atoms with Crippen molar-refractivity contribution in [3.63, 3.8) is 0 Å². The molecule has 0 aromatic heterocycles. The van der Waals surface area contributed by atoms with E-state index in [0.717, 1.165) is 35.3 Å². The van der Waals surface area contributed by atoms with Gasteiger partial charge in [-0.15, -0.1) is 0 Å². The van der Waals surface area contributed by atoms with Crippen LogP contribution in [0.4, 0.5) is 18.9 Å². The Labute approximate surface area is 167 Å². The molecule has 0 atom stereocenters. The van der Waals surface area contributed by atoms with Gasteiger partial charge in [0.25, 0.3) is 10.0 Å². The molecule has 0 spiro atoms. The van der Waals surface area contributed by atoms with E-state index in [4.69, 9.17) is 0 Å². The number of aryl methyl sites for hydroxylation is 2. The molecule has 0 saturated heterocycles. The van der Waals surface area contributed by atoms with E-state index in [1.54, 1.807) is 26.0 Å². The van der Waals surface area contributed by atoms with E-state index in [2.05, 4.69) is 5.32 Å². The van der Waals surface area contributed by atoms with Crippen LogP contribution in [0.5, 0.6) is 0 Å². The maximum absolute atomic E-state index is 13.4. The van der Waals surface area contributed by atoms with Gasteiger partial charge in [-0.1, -0.05) is 18.2 Å². The number of benzene rings is 2. The highest BCUT2D eigenvalue weighted by Crippen LogP contribution is 2.33. The maximum atomic E-state index is 13.4. The fourth-order valence-corrected chi connectivity index (χ4v) is 4.61. The molecule has 0 heterocycles. The first-order valence-corrected chi connectivity index (χ1v) is 10.5. The Bertz CT molecular complexity index is 1030. The smallest absolute Gasteiger partial charge is 0.352 e. The fraction of sp³-hybridized carbons (Fsp3) is 0.350. The minimum absolute atomic E-state index is 0.00531. The molecule has 0 unspecified atom stereocenters. The number of amides is 1. The number of anilines is 1. The lowest BCUT2D eigenvalue weighted by Gasteiger charge is -2.25. The number of alkyl halides is 3. The van der Waals surface area contributed by atoms with Crippen LogP contribution >= 0.6 is 0 Å². The van der Waals surface area contributed by atoms with Gasteiger partial charge < -0.3 is 5.32 Å². The molecule has 0 bridgehead atoms. The molecular weight excluding hydrogens is 405 g/mol. The molecule has 0 radical (unpaired) electrons. The maximum Gasteiger partial charge on any atom is 0.416 e. The molecule has 5 nitrogen and oxygen atoms in total. The molecule has 1 amide bonds. The Kier molecular flexibility index (Phi) is 5.62. The van der Waals surface area contributed by atoms with Gasteiger partial charge in [-0.05, 0) is 62.1 Å². The van der Waals surface area contributed by atoms with Crippen LogP contribution in [0.1, 0.15) is 29.5 Å². The van der Waals surface area contributed by atoms with Crippen LogP contribution in [0.2, 0.25) is 0 Å². The Balaban J connectivity index is 2.07. The predicted octanol–water partition coefficient (Wildman–Crippen LogP) is 3.80. The Hall–Kier alpha value is -2.55. The number of nitrogens with one attached hydrogen (secondary N) is 1. The molecule has 9 heteroatoms. The average Bonchev–Trinajstić information content (AvgIpc) is 3.45. The minimum Gasteiger partial charge on any atom is -0.352 e. The zero-order valence-electron chi connectivity index (χ0n) is 16.0. The third-order valence-electron chi connectivity index (χ3n) is 4.60. The zero-order valence-corrected chi connectivity index (χ0v) is 16.8. The van der Waals surface area contributed by atoms with Gasteiger partial charge in [-0.2, -0.15) is 13.2 Å². The number of sulfonamides is 1. The largest absolute Gasteiger partial charge is 0.416 e. The Morgan fingerprint density at radius 3 is 2.45 bits per heavy atom. The quantitative estimate of drug-likeness (QED) is 0.764. The average molecular weight is 426 g/mol. The molecule has 1 N–H and O–H groups in total. The number of rotatable bonds is 6. The summed E-state index contributed by atoms with van der Waals surface area (Å²) >= 11 is 0. The summed E-state index contributed by atoms with van der Waals surface area (Å²) in [7, 11) is -4.27. The van der Waals surface area contributed by atoms with Crippen molar-refractivity contribution < 1.29 is 26.4 Å². The van der Waals surface area contributed by atoms with Gasteiger partial charge >= 0.3 is 6.18 Å². The lowest BCUT2D eigenvalue weighted by atomic mass is 10.2. The molecule has 1 saturated carbocycles. The summed E-state index contributed by atoms with van der Waals surface area (Å²) in [6.07, 6.45) is -3.03. The van der Waals surface area contributed by atoms with Gasteiger partial charge in [0.1, 0.15) is 6.54 Å². The van der Waals surface area contributed by atoms with Gasteiger partial charge in [0.15, 0.2) is 0 Å². The van der Waals surface area contributed by atoms with E-state index in [9.17, 15) is 26.4 Å². The molecule has 156 valence electrons. The lowest BCUT2D eigenvalue weighted by Crippen LogP contribution is -2.41. The highest BCUT2D eigenvalue weighted by Gasteiger charge is 2.34. The van der Waals surface area contributed by atoms with Crippen LogP contribution < -0.4 is 9.62 Å². The zero-order chi connectivity index (χ0) is 21.4. The van der Waals surface area contributed by atoms with Gasteiger partial charge in [-0.25, -0.2) is 8.42 Å². The van der Waals surface area contributed by atoms with Crippen LogP contribution in [0.15, 0.2) is 47.4 Å². The fourth-order valence-electron chi connectivity index (χ4n) is 2.89. The van der Waals surface area contributed by atoms with Crippen molar-refractivity contribution >= 4 is 21.6 Å². The number of hydrogen-bond donors (Lipinski definition) is 1. The van der Waals surface area contributed by atoms with Gasteiger partial charge in [0, 0.05) is 6.04 Å². The van der Waals surface area contributed by atoms with Gasteiger partial charge in [-0.3, -0.25) is 9.10 Å². The first-order chi connectivity index (χ1) is 13.5. The lowest BCUT2D eigenvalue weighted by molar-refractivity contribution is -0.137. The summed E-state index contributed by atoms with van der Waals surface area (Å²) in [5.74, 6) is -0.557. The van der Waals surface area contributed by atoms with Crippen LogP contribution in [-0.4, -0.2) is 26.9 Å². The van der Waals surface area contributed by atoms with E-state index in [0.29, 0.717) is 11.1 Å². The standard InChI is InChI=1S/C20H21F3N2O3S/c1-13-6-7-14(2)18(10-13)29(27,28)25(12-19(26)24-16-8-9-16)17-5-3-4-15(11-17)20(21,22)23/h3-7,10-11,16H,8-9,12H2,1-2H3,(H,24,26). The normalized spacial score (nSPS) is 14.5. The summed E-state index contributed by atoms with van der Waals surface area (Å²) in [6, 6.07) is 8.78. The summed E-state index contributed by atoms with van der Waals surface area (Å²) in [6.45, 7) is 2.71. The summed E-state index contributed by atoms with van der Waals surface area (Å²) < 4.78 is 67.0. The molecule has 2 aromatic rings. The highest BCUT2D eigenvalue weighted by atomic mass is 32.2. The molecule has 1 aliphatic carbocycles. The third-order valence-corrected chi connectivity index (χ3v) is 6.52. The number of halogens is 3. The Morgan fingerprint density at radius 2 is 1.83 bits per heavy atom. The molecule has 3 rings (SSSR count). The van der Waals surface area contributed by atoms with Crippen LogP contribution in [-0.2, 0) is 21.0 Å². The van der Waals surface area contributed by atoms with Crippen LogP contribution in [0, 0.1) is 13.8 Å². The van der Waals surface area contributed by atoms with Crippen LogP contribution in [0.3, 0.4) is 0 Å². The summed E-state index contributed by atoms with van der Waals surface area (Å²) in [5.41, 5.74) is -0.0822. The number of nitrogens with zero attached hydrogens (tertiary/aromatic N) is 1. The van der Waals surface area contributed by atoms with E-state index in [1.807, 2.05) is 0 Å². The minimum atomic E-state index is -4.64. The Morgan fingerprint density at radius 1 is 1.14 bits per heavy atom. The number of carbonyl (C=O) groups excluding carboxylic acids is 1. The second kappa shape index (κ2) is 7.70. The second-order valence-electron chi connectivity index (χ2n) is 7.17. The molecule has 1 fully saturated rings. The second-order valence-corrected chi connectivity index (χ2v) is 9.00. The predicted molar refractivity (Wildman–Crippen MR) is 103 cm³/mol. The topological polar surface area (TPSA) is 66.5 Å². The molecule has 0 aliphatic heterocycles. The first-order valence-electron chi connectivity index (χ1n) is 9.05. The number of carbonyl (C=O) groups is 1. The van der Waals surface area contributed by atoms with Crippen molar-refractivity contribution in [3.05, 3.63) is 59.2 Å². The van der Waals surface area contributed by atoms with Crippen molar-refractivity contribution in [2.45, 2.75) is 43.8 Å². The van der Waals surface area contributed by atoms with E-state index >= 15 is 0 Å². The molecule has 1 aliphatic rings. The monoisotopic (exact) mass is 426 g/mol. The van der Waals surface area contributed by atoms with Gasteiger partial charge in [0.2, 0.25) is 5.91 Å². The van der Waals surface area contributed by atoms with E-state index < -0.39 is 34.2 Å². The van der Waals surface area contributed by atoms with Gasteiger partial charge in [0.05, 0.1) is 16.1 Å². The van der Waals surface area contributed by atoms with Crippen LogP contribution in [0.25, 0.3) is 0 Å². The summed E-state index contributed by atoms with van der Waals surface area (Å²) in [4.78, 5) is 12.3. The molecular formula is C20H21F3N2O3S. The van der Waals surface area contributed by atoms with Crippen molar-refractivity contribution in [2.24, 2.45) is 0 Å². The highest BCUT2D eigenvalue weighted by molar-refractivity contribution is 7.93. The van der Waals surface area contributed by atoms with Crippen molar-refractivity contribution in [2.75, 3.05) is 10.8 Å². The number of hydrogen-bond acceptors (Lipinski definition) is 3.